The molecule has 0 aliphatic carbocycles. The Morgan fingerprint density at radius 3 is 2.72 bits per heavy atom. The zero-order valence-corrected chi connectivity index (χ0v) is 12.3. The molecule has 4 heteroatoms. The van der Waals surface area contributed by atoms with Crippen molar-refractivity contribution in [2.24, 2.45) is 5.92 Å². The van der Waals surface area contributed by atoms with Gasteiger partial charge < -0.3 is 5.32 Å². The van der Waals surface area contributed by atoms with Crippen LogP contribution in [0.2, 0.25) is 5.02 Å². The van der Waals surface area contributed by atoms with Crippen LogP contribution in [0.4, 0.5) is 0 Å². The molecule has 1 amide bonds. The average Bonchev–Trinajstić information content (AvgIpc) is 2.37. The molecule has 0 fully saturated rings. The van der Waals surface area contributed by atoms with E-state index in [9.17, 15) is 4.79 Å². The quantitative estimate of drug-likeness (QED) is 0.787. The number of benzene rings is 1. The Bertz CT molecular complexity index is 407. The minimum Gasteiger partial charge on any atom is -0.352 e. The van der Waals surface area contributed by atoms with Crippen molar-refractivity contribution in [3.8, 4) is 0 Å². The van der Waals surface area contributed by atoms with Crippen molar-refractivity contribution in [2.75, 3.05) is 12.4 Å². The first-order valence-electron chi connectivity index (χ1n) is 6.18. The van der Waals surface area contributed by atoms with Crippen molar-refractivity contribution >= 4 is 29.1 Å². The van der Waals surface area contributed by atoms with Crippen LogP contribution in [-0.4, -0.2) is 18.3 Å². The van der Waals surface area contributed by atoms with Crippen LogP contribution in [0.3, 0.4) is 0 Å². The minimum absolute atomic E-state index is 0.0788. The molecule has 0 saturated heterocycles. The van der Waals surface area contributed by atoms with Crippen molar-refractivity contribution in [1.29, 1.82) is 0 Å². The van der Waals surface area contributed by atoms with Gasteiger partial charge in [0.1, 0.15) is 0 Å². The highest BCUT2D eigenvalue weighted by Crippen LogP contribution is 2.16. The van der Waals surface area contributed by atoms with Gasteiger partial charge in [0.15, 0.2) is 0 Å². The maximum absolute atomic E-state index is 11.9. The molecule has 1 atom stereocenters. The molecule has 0 saturated carbocycles. The topological polar surface area (TPSA) is 29.1 Å². The molecule has 18 heavy (non-hydrogen) atoms. The van der Waals surface area contributed by atoms with E-state index in [1.807, 2.05) is 13.0 Å². The van der Waals surface area contributed by atoms with Gasteiger partial charge in [-0.05, 0) is 37.0 Å². The lowest BCUT2D eigenvalue weighted by Crippen LogP contribution is -2.29. The number of halogens is 2. The van der Waals surface area contributed by atoms with Gasteiger partial charge in [-0.1, -0.05) is 31.0 Å². The smallest absolute Gasteiger partial charge is 0.251 e. The zero-order chi connectivity index (χ0) is 13.5. The summed E-state index contributed by atoms with van der Waals surface area (Å²) in [5, 5.41) is 3.55. The van der Waals surface area contributed by atoms with Gasteiger partial charge in [0.25, 0.3) is 5.91 Å². The third-order valence-electron chi connectivity index (χ3n) is 3.08. The number of carbonyl (C=O) groups excluding carboxylic acids is 1. The average molecular weight is 288 g/mol. The summed E-state index contributed by atoms with van der Waals surface area (Å²) < 4.78 is 0. The fourth-order valence-electron chi connectivity index (χ4n) is 1.68. The van der Waals surface area contributed by atoms with Gasteiger partial charge in [-0.2, -0.15) is 0 Å². The molecule has 1 rings (SSSR count). The van der Waals surface area contributed by atoms with Crippen LogP contribution >= 0.6 is 23.2 Å². The molecule has 0 aliphatic heterocycles. The molecule has 0 aromatic heterocycles. The summed E-state index contributed by atoms with van der Waals surface area (Å²) in [7, 11) is 0. The summed E-state index contributed by atoms with van der Waals surface area (Å²) >= 11 is 11.7. The van der Waals surface area contributed by atoms with E-state index in [-0.39, 0.29) is 5.91 Å². The summed E-state index contributed by atoms with van der Waals surface area (Å²) in [5.41, 5.74) is 1.58. The fourth-order valence-corrected chi connectivity index (χ4v) is 2.17. The van der Waals surface area contributed by atoms with Crippen molar-refractivity contribution in [3.63, 3.8) is 0 Å². The molecule has 0 bridgehead atoms. The second-order valence-electron chi connectivity index (χ2n) is 4.43. The van der Waals surface area contributed by atoms with E-state index in [0.29, 0.717) is 28.9 Å². The van der Waals surface area contributed by atoms with Crippen molar-refractivity contribution in [3.05, 3.63) is 34.3 Å². The molecule has 1 aromatic rings. The van der Waals surface area contributed by atoms with Crippen molar-refractivity contribution in [2.45, 2.75) is 26.7 Å². The molecule has 1 unspecified atom stereocenters. The first kappa shape index (κ1) is 15.3. The molecule has 1 N–H and O–H groups in total. The van der Waals surface area contributed by atoms with Gasteiger partial charge >= 0.3 is 0 Å². The number of nitrogens with one attached hydrogen (secondary N) is 1. The van der Waals surface area contributed by atoms with Crippen molar-refractivity contribution in [1.82, 2.24) is 5.32 Å². The van der Waals surface area contributed by atoms with Gasteiger partial charge in [-0.3, -0.25) is 4.79 Å². The maximum Gasteiger partial charge on any atom is 0.251 e. The van der Waals surface area contributed by atoms with Gasteiger partial charge in [-0.15, -0.1) is 11.6 Å². The van der Waals surface area contributed by atoms with Crippen molar-refractivity contribution < 1.29 is 4.79 Å². The molecule has 0 heterocycles. The van der Waals surface area contributed by atoms with E-state index < -0.39 is 0 Å². The Labute approximate surface area is 119 Å². The van der Waals surface area contributed by atoms with E-state index in [1.165, 1.54) is 0 Å². The van der Waals surface area contributed by atoms with Crippen LogP contribution < -0.4 is 5.32 Å². The predicted octanol–water partition coefficient (Wildman–Crippen LogP) is 4.03. The maximum atomic E-state index is 11.9. The van der Waals surface area contributed by atoms with Gasteiger partial charge in [0.05, 0.1) is 0 Å². The van der Waals surface area contributed by atoms with Gasteiger partial charge in [-0.25, -0.2) is 0 Å². The van der Waals surface area contributed by atoms with Gasteiger partial charge in [0.2, 0.25) is 0 Å². The lowest BCUT2D eigenvalue weighted by Gasteiger charge is -2.14. The molecule has 0 spiro atoms. The highest BCUT2D eigenvalue weighted by atomic mass is 35.5. The van der Waals surface area contributed by atoms with Gasteiger partial charge in [0, 0.05) is 23.0 Å². The zero-order valence-electron chi connectivity index (χ0n) is 10.8. The first-order valence-corrected chi connectivity index (χ1v) is 7.10. The van der Waals surface area contributed by atoms with E-state index in [1.54, 1.807) is 12.1 Å². The summed E-state index contributed by atoms with van der Waals surface area (Å²) in [6.07, 6.45) is 1.94. The summed E-state index contributed by atoms with van der Waals surface area (Å²) in [5.74, 6) is 0.988. The molecule has 100 valence electrons. The van der Waals surface area contributed by atoms with Crippen LogP contribution in [0.15, 0.2) is 18.2 Å². The molecule has 0 aliphatic rings. The number of carbonyl (C=O) groups is 1. The SMILES string of the molecule is CCC(CCCl)CNC(=O)c1ccc(C)c(Cl)c1. The summed E-state index contributed by atoms with van der Waals surface area (Å²) in [6.45, 7) is 4.68. The number of hydrogen-bond donors (Lipinski definition) is 1. The molecular weight excluding hydrogens is 269 g/mol. The molecule has 1 aromatic carbocycles. The van der Waals surface area contributed by atoms with Crippen LogP contribution in [0.1, 0.15) is 35.7 Å². The lowest BCUT2D eigenvalue weighted by molar-refractivity contribution is 0.0946. The number of alkyl halides is 1. The minimum atomic E-state index is -0.0788. The summed E-state index contributed by atoms with van der Waals surface area (Å²) in [6, 6.07) is 5.35. The second kappa shape index (κ2) is 7.65. The van der Waals surface area contributed by atoms with Crippen LogP contribution in [0.5, 0.6) is 0 Å². The monoisotopic (exact) mass is 287 g/mol. The predicted molar refractivity (Wildman–Crippen MR) is 77.6 cm³/mol. The third kappa shape index (κ3) is 4.51. The Morgan fingerprint density at radius 2 is 2.17 bits per heavy atom. The second-order valence-corrected chi connectivity index (χ2v) is 5.21. The normalized spacial score (nSPS) is 12.2. The van der Waals surface area contributed by atoms with E-state index in [0.717, 1.165) is 18.4 Å². The van der Waals surface area contributed by atoms with E-state index >= 15 is 0 Å². The number of rotatable bonds is 6. The Kier molecular flexibility index (Phi) is 6.51. The Morgan fingerprint density at radius 1 is 1.44 bits per heavy atom. The largest absolute Gasteiger partial charge is 0.352 e. The van der Waals surface area contributed by atoms with E-state index in [2.05, 4.69) is 12.2 Å². The van der Waals surface area contributed by atoms with E-state index in [4.69, 9.17) is 23.2 Å². The number of aryl methyl sites for hydroxylation is 1. The summed E-state index contributed by atoms with van der Waals surface area (Å²) in [4.78, 5) is 11.9. The highest BCUT2D eigenvalue weighted by molar-refractivity contribution is 6.31. The molecular formula is C14H19Cl2NO. The highest BCUT2D eigenvalue weighted by Gasteiger charge is 2.10. The standard InChI is InChI=1S/C14H19Cl2NO/c1-3-11(6-7-15)9-17-14(18)12-5-4-10(2)13(16)8-12/h4-5,8,11H,3,6-7,9H2,1-2H3,(H,17,18). The Hall–Kier alpha value is -0.730. The van der Waals surface area contributed by atoms with Crippen LogP contribution in [0, 0.1) is 12.8 Å². The lowest BCUT2D eigenvalue weighted by atomic mass is 10.0. The fraction of sp³-hybridized carbons (Fsp3) is 0.500. The number of amides is 1. The molecule has 0 radical (unpaired) electrons. The van der Waals surface area contributed by atoms with Crippen LogP contribution in [0.25, 0.3) is 0 Å². The van der Waals surface area contributed by atoms with Crippen LogP contribution in [-0.2, 0) is 0 Å². The first-order chi connectivity index (χ1) is 8.58. The number of hydrogen-bond acceptors (Lipinski definition) is 1. The Balaban J connectivity index is 2.57. The third-order valence-corrected chi connectivity index (χ3v) is 3.71. The molecule has 2 nitrogen and oxygen atoms in total.